The predicted molar refractivity (Wildman–Crippen MR) is 99.0 cm³/mol. The molecule has 0 saturated carbocycles. The molecule has 1 saturated heterocycles. The Morgan fingerprint density at radius 1 is 1.44 bits per heavy atom. The highest BCUT2D eigenvalue weighted by Gasteiger charge is 2.32. The number of piperidine rings is 1. The average Bonchev–Trinajstić information content (AvgIpc) is 3.21. The van der Waals surface area contributed by atoms with Crippen molar-refractivity contribution in [1.82, 2.24) is 20.2 Å². The van der Waals surface area contributed by atoms with Gasteiger partial charge >= 0.3 is 0 Å². The van der Waals surface area contributed by atoms with Crippen LogP contribution in [0.25, 0.3) is 5.69 Å². The normalized spacial score (nSPS) is 16.0. The van der Waals surface area contributed by atoms with Gasteiger partial charge in [-0.1, -0.05) is 0 Å². The Kier molecular flexibility index (Phi) is 5.82. The highest BCUT2D eigenvalue weighted by atomic mass is 16.6. The van der Waals surface area contributed by atoms with Gasteiger partial charge in [0.05, 0.1) is 17.9 Å². The fourth-order valence-electron chi connectivity index (χ4n) is 3.44. The summed E-state index contributed by atoms with van der Waals surface area (Å²) < 4.78 is 6.90. The van der Waals surface area contributed by atoms with Crippen LogP contribution in [-0.4, -0.2) is 53.7 Å². The van der Waals surface area contributed by atoms with E-state index in [9.17, 15) is 14.9 Å². The first kappa shape index (κ1) is 19.0. The molecule has 1 aromatic heterocycles. The fraction of sp³-hybridized carbons (Fsp3) is 0.444. The van der Waals surface area contributed by atoms with Crippen molar-refractivity contribution >= 4 is 11.6 Å². The number of hydrogen-bond acceptors (Lipinski definition) is 6. The second kappa shape index (κ2) is 8.28. The van der Waals surface area contributed by atoms with Crippen molar-refractivity contribution in [3.8, 4) is 5.69 Å². The van der Waals surface area contributed by atoms with Crippen molar-refractivity contribution < 1.29 is 14.5 Å². The van der Waals surface area contributed by atoms with Crippen LogP contribution in [0.3, 0.4) is 0 Å². The number of nitro groups is 1. The summed E-state index contributed by atoms with van der Waals surface area (Å²) in [5.74, 6) is -0.329. The number of carbonyl (C=O) groups is 1. The number of carbonyl (C=O) groups excluding carboxylic acids is 1. The number of imidazole rings is 1. The van der Waals surface area contributed by atoms with Crippen LogP contribution in [0.4, 0.5) is 5.69 Å². The summed E-state index contributed by atoms with van der Waals surface area (Å²) in [6, 6.07) is 4.45. The Bertz CT molecular complexity index is 795. The SMILES string of the molecule is COCC1(CNC(=O)c2ccc(-n3ccnc3)c([N+](=O)[O-])c2)CCNCC1. The van der Waals surface area contributed by atoms with Crippen LogP contribution in [-0.2, 0) is 4.74 Å². The number of nitrogens with zero attached hydrogens (tertiary/aromatic N) is 3. The Balaban J connectivity index is 1.76. The number of hydrogen-bond donors (Lipinski definition) is 2. The first-order valence-corrected chi connectivity index (χ1v) is 8.79. The Morgan fingerprint density at radius 3 is 2.85 bits per heavy atom. The lowest BCUT2D eigenvalue weighted by molar-refractivity contribution is -0.384. The minimum atomic E-state index is -0.495. The highest BCUT2D eigenvalue weighted by Crippen LogP contribution is 2.29. The van der Waals surface area contributed by atoms with E-state index < -0.39 is 4.92 Å². The van der Waals surface area contributed by atoms with Gasteiger partial charge in [-0.05, 0) is 38.1 Å². The van der Waals surface area contributed by atoms with Crippen LogP contribution in [0.5, 0.6) is 0 Å². The number of nitro benzene ring substituents is 1. The molecule has 1 aromatic carbocycles. The van der Waals surface area contributed by atoms with E-state index in [0.717, 1.165) is 25.9 Å². The largest absolute Gasteiger partial charge is 0.384 e. The van der Waals surface area contributed by atoms with Gasteiger partial charge in [-0.25, -0.2) is 4.98 Å². The standard InChI is InChI=1S/C18H23N5O4/c1-27-12-18(4-6-19-7-5-18)11-21-17(24)14-2-3-15(16(10-14)23(25)26)22-9-8-20-13-22/h2-3,8-10,13,19H,4-7,11-12H2,1H3,(H,21,24). The molecule has 0 atom stereocenters. The lowest BCUT2D eigenvalue weighted by atomic mass is 9.79. The van der Waals surface area contributed by atoms with Gasteiger partial charge in [-0.2, -0.15) is 0 Å². The van der Waals surface area contributed by atoms with E-state index in [1.54, 1.807) is 36.2 Å². The maximum absolute atomic E-state index is 12.6. The molecule has 1 fully saturated rings. The van der Waals surface area contributed by atoms with Crippen LogP contribution in [0.15, 0.2) is 36.9 Å². The van der Waals surface area contributed by atoms with Gasteiger partial charge < -0.3 is 19.9 Å². The maximum atomic E-state index is 12.6. The Labute approximate surface area is 156 Å². The topological polar surface area (TPSA) is 111 Å². The van der Waals surface area contributed by atoms with E-state index in [-0.39, 0.29) is 22.6 Å². The molecule has 27 heavy (non-hydrogen) atoms. The molecule has 1 aliphatic heterocycles. The van der Waals surface area contributed by atoms with Crippen LogP contribution in [0.1, 0.15) is 23.2 Å². The molecule has 9 nitrogen and oxygen atoms in total. The zero-order chi connectivity index (χ0) is 19.3. The van der Waals surface area contributed by atoms with Crippen LogP contribution in [0.2, 0.25) is 0 Å². The molecule has 2 heterocycles. The molecule has 2 aromatic rings. The van der Waals surface area contributed by atoms with E-state index in [1.165, 1.54) is 12.4 Å². The molecule has 1 aliphatic rings. The van der Waals surface area contributed by atoms with Gasteiger partial charge in [-0.3, -0.25) is 14.9 Å². The van der Waals surface area contributed by atoms with E-state index in [2.05, 4.69) is 15.6 Å². The van der Waals surface area contributed by atoms with E-state index in [4.69, 9.17) is 4.74 Å². The van der Waals surface area contributed by atoms with Gasteiger partial charge in [0.25, 0.3) is 11.6 Å². The Morgan fingerprint density at radius 2 is 2.22 bits per heavy atom. The van der Waals surface area contributed by atoms with Crippen LogP contribution < -0.4 is 10.6 Å². The second-order valence-corrected chi connectivity index (χ2v) is 6.80. The van der Waals surface area contributed by atoms with Gasteiger partial charge in [-0.15, -0.1) is 0 Å². The number of ether oxygens (including phenoxy) is 1. The quantitative estimate of drug-likeness (QED) is 0.562. The van der Waals surface area contributed by atoms with E-state index >= 15 is 0 Å². The van der Waals surface area contributed by atoms with Crippen molar-refractivity contribution in [2.75, 3.05) is 33.4 Å². The third kappa shape index (κ3) is 4.32. The summed E-state index contributed by atoms with van der Waals surface area (Å²) in [5.41, 5.74) is 0.364. The molecule has 0 aliphatic carbocycles. The molecule has 0 bridgehead atoms. The van der Waals surface area contributed by atoms with Gasteiger partial charge in [0.2, 0.25) is 0 Å². The predicted octanol–water partition coefficient (Wildman–Crippen LogP) is 1.53. The first-order valence-electron chi connectivity index (χ1n) is 8.79. The van der Waals surface area contributed by atoms with Crippen LogP contribution in [0, 0.1) is 15.5 Å². The molecule has 1 amide bonds. The summed E-state index contributed by atoms with van der Waals surface area (Å²) in [5, 5.41) is 17.7. The minimum Gasteiger partial charge on any atom is -0.384 e. The second-order valence-electron chi connectivity index (χ2n) is 6.80. The lowest BCUT2D eigenvalue weighted by Gasteiger charge is -2.37. The number of aromatic nitrogens is 2. The number of rotatable bonds is 7. The van der Waals surface area contributed by atoms with Crippen molar-refractivity contribution in [3.63, 3.8) is 0 Å². The summed E-state index contributed by atoms with van der Waals surface area (Å²) >= 11 is 0. The summed E-state index contributed by atoms with van der Waals surface area (Å²) in [6.45, 7) is 2.79. The zero-order valence-corrected chi connectivity index (χ0v) is 15.2. The van der Waals surface area contributed by atoms with Crippen LogP contribution >= 0.6 is 0 Å². The highest BCUT2D eigenvalue weighted by molar-refractivity contribution is 5.95. The zero-order valence-electron chi connectivity index (χ0n) is 15.2. The van der Waals surface area contributed by atoms with Crippen molar-refractivity contribution in [1.29, 1.82) is 0 Å². The first-order chi connectivity index (χ1) is 13.0. The summed E-state index contributed by atoms with van der Waals surface area (Å²) in [6.07, 6.45) is 6.45. The van der Waals surface area contributed by atoms with E-state index in [0.29, 0.717) is 18.8 Å². The number of benzene rings is 1. The Hall–Kier alpha value is -2.78. The summed E-state index contributed by atoms with van der Waals surface area (Å²) in [4.78, 5) is 27.5. The third-order valence-corrected chi connectivity index (χ3v) is 4.96. The molecule has 0 unspecified atom stereocenters. The lowest BCUT2D eigenvalue weighted by Crippen LogP contribution is -2.47. The van der Waals surface area contributed by atoms with Crippen molar-refractivity contribution in [2.45, 2.75) is 12.8 Å². The molecule has 144 valence electrons. The molecular formula is C18H23N5O4. The number of methoxy groups -OCH3 is 1. The minimum absolute atomic E-state index is 0.113. The summed E-state index contributed by atoms with van der Waals surface area (Å²) in [7, 11) is 1.66. The molecular weight excluding hydrogens is 350 g/mol. The van der Waals surface area contributed by atoms with E-state index in [1.807, 2.05) is 0 Å². The van der Waals surface area contributed by atoms with Gasteiger partial charge in [0.15, 0.2) is 0 Å². The van der Waals surface area contributed by atoms with Gasteiger partial charge in [0, 0.05) is 43.1 Å². The van der Waals surface area contributed by atoms with Crippen molar-refractivity contribution in [3.05, 3.63) is 52.6 Å². The maximum Gasteiger partial charge on any atom is 0.294 e. The smallest absolute Gasteiger partial charge is 0.294 e. The molecule has 9 heteroatoms. The third-order valence-electron chi connectivity index (χ3n) is 4.96. The number of nitrogens with one attached hydrogen (secondary N) is 2. The average molecular weight is 373 g/mol. The van der Waals surface area contributed by atoms with Gasteiger partial charge in [0.1, 0.15) is 5.69 Å². The monoisotopic (exact) mass is 373 g/mol. The fourth-order valence-corrected chi connectivity index (χ4v) is 3.44. The van der Waals surface area contributed by atoms with Crippen molar-refractivity contribution in [2.24, 2.45) is 5.41 Å². The molecule has 0 radical (unpaired) electrons. The molecule has 2 N–H and O–H groups in total. The number of amides is 1. The molecule has 0 spiro atoms. The molecule has 3 rings (SSSR count).